The number of hydrogen-bond acceptors (Lipinski definition) is 5. The summed E-state index contributed by atoms with van der Waals surface area (Å²) in [4.78, 5) is 0. The second kappa shape index (κ2) is 8.47. The molecule has 0 bridgehead atoms. The smallest absolute Gasteiger partial charge is 0.141 e. The molecule has 0 saturated heterocycles. The van der Waals surface area contributed by atoms with Crippen LogP contribution in [0, 0.1) is 0 Å². The number of hydrogen-bond donors (Lipinski definition) is 4. The van der Waals surface area contributed by atoms with E-state index in [9.17, 15) is 5.11 Å². The molecule has 0 radical (unpaired) electrons. The molecule has 1 rings (SSSR count). The van der Waals surface area contributed by atoms with E-state index in [1.807, 2.05) is 30.3 Å². The summed E-state index contributed by atoms with van der Waals surface area (Å²) in [6, 6.07) is 9.53. The molecule has 0 amide bonds. The van der Waals surface area contributed by atoms with Crippen molar-refractivity contribution in [2.45, 2.75) is 18.6 Å². The van der Waals surface area contributed by atoms with E-state index in [1.165, 1.54) is 7.11 Å². The maximum Gasteiger partial charge on any atom is 0.141 e. The van der Waals surface area contributed by atoms with Gasteiger partial charge in [-0.1, -0.05) is 35.5 Å². The van der Waals surface area contributed by atoms with Gasteiger partial charge in [0.15, 0.2) is 0 Å². The minimum Gasteiger partial charge on any atom is -0.409 e. The van der Waals surface area contributed by atoms with Crippen LogP contribution < -0.4 is 11.1 Å². The lowest BCUT2D eigenvalue weighted by Crippen LogP contribution is -2.34. The Bertz CT molecular complexity index is 384. The van der Waals surface area contributed by atoms with Gasteiger partial charge in [0.05, 0.1) is 12.7 Å². The summed E-state index contributed by atoms with van der Waals surface area (Å²) in [7, 11) is 1.54. The molecule has 0 saturated carbocycles. The van der Waals surface area contributed by atoms with E-state index in [1.54, 1.807) is 0 Å². The largest absolute Gasteiger partial charge is 0.409 e. The van der Waals surface area contributed by atoms with Crippen molar-refractivity contribution in [1.82, 2.24) is 5.32 Å². The normalized spacial score (nSPS) is 15.2. The van der Waals surface area contributed by atoms with Gasteiger partial charge in [-0.3, -0.25) is 0 Å². The number of aliphatic hydroxyl groups is 1. The molecule has 0 spiro atoms. The number of methoxy groups -OCH3 is 1. The predicted molar refractivity (Wildman–Crippen MR) is 73.1 cm³/mol. The zero-order valence-corrected chi connectivity index (χ0v) is 11.0. The Morgan fingerprint density at radius 3 is 2.68 bits per heavy atom. The number of nitrogens with one attached hydrogen (secondary N) is 1. The third kappa shape index (κ3) is 5.69. The summed E-state index contributed by atoms with van der Waals surface area (Å²) in [5.41, 5.74) is 6.56. The van der Waals surface area contributed by atoms with E-state index in [4.69, 9.17) is 15.7 Å². The average molecular weight is 267 g/mol. The molecule has 6 nitrogen and oxygen atoms in total. The Kier molecular flexibility index (Phi) is 6.88. The van der Waals surface area contributed by atoms with Gasteiger partial charge in [0.2, 0.25) is 0 Å². The first kappa shape index (κ1) is 15.4. The third-order valence-electron chi connectivity index (χ3n) is 2.70. The predicted octanol–water partition coefficient (Wildman–Crippen LogP) is 0.461. The first-order chi connectivity index (χ1) is 9.17. The maximum atomic E-state index is 9.64. The number of oxime groups is 1. The molecule has 0 aromatic heterocycles. The summed E-state index contributed by atoms with van der Waals surface area (Å²) in [5, 5.41) is 24.5. The maximum absolute atomic E-state index is 9.64. The van der Waals surface area contributed by atoms with E-state index in [0.717, 1.165) is 5.56 Å². The number of nitrogens with zero attached hydrogens (tertiary/aromatic N) is 1. The van der Waals surface area contributed by atoms with Crippen LogP contribution in [0.15, 0.2) is 35.5 Å². The molecule has 5 N–H and O–H groups in total. The highest BCUT2D eigenvalue weighted by atomic mass is 16.5. The standard InChI is InChI=1S/C13H21N3O3/c1-19-9-11(17)8-15-12(7-13(14)16-18)10-5-3-2-4-6-10/h2-6,11-12,15,17-18H,7-9H2,1H3,(H2,14,16). The lowest BCUT2D eigenvalue weighted by atomic mass is 10.0. The number of ether oxygens (including phenoxy) is 1. The van der Waals surface area contributed by atoms with Crippen LogP contribution in [0.1, 0.15) is 18.0 Å². The highest BCUT2D eigenvalue weighted by molar-refractivity contribution is 5.80. The van der Waals surface area contributed by atoms with E-state index < -0.39 is 6.10 Å². The van der Waals surface area contributed by atoms with Gasteiger partial charge >= 0.3 is 0 Å². The van der Waals surface area contributed by atoms with E-state index in [0.29, 0.717) is 13.0 Å². The van der Waals surface area contributed by atoms with Gasteiger partial charge in [-0.25, -0.2) is 0 Å². The van der Waals surface area contributed by atoms with Crippen molar-refractivity contribution in [3.05, 3.63) is 35.9 Å². The fourth-order valence-electron chi connectivity index (χ4n) is 1.77. The molecule has 2 unspecified atom stereocenters. The highest BCUT2D eigenvalue weighted by Gasteiger charge is 2.14. The molecule has 0 heterocycles. The first-order valence-electron chi connectivity index (χ1n) is 6.09. The van der Waals surface area contributed by atoms with E-state index in [2.05, 4.69) is 10.5 Å². The summed E-state index contributed by atoms with van der Waals surface area (Å²) in [6.07, 6.45) is -0.233. The van der Waals surface area contributed by atoms with Gasteiger partial charge in [-0.2, -0.15) is 0 Å². The van der Waals surface area contributed by atoms with E-state index >= 15 is 0 Å². The van der Waals surface area contributed by atoms with Gasteiger partial charge in [0.25, 0.3) is 0 Å². The molecule has 0 fully saturated rings. The summed E-state index contributed by atoms with van der Waals surface area (Å²) in [6.45, 7) is 0.629. The molecule has 0 aliphatic heterocycles. The topological polar surface area (TPSA) is 100 Å². The molecule has 106 valence electrons. The zero-order chi connectivity index (χ0) is 14.1. The average Bonchev–Trinajstić information content (AvgIpc) is 2.44. The van der Waals surface area contributed by atoms with Gasteiger partial charge in [0, 0.05) is 26.1 Å². The monoisotopic (exact) mass is 267 g/mol. The number of rotatable bonds is 8. The van der Waals surface area contributed by atoms with E-state index in [-0.39, 0.29) is 18.5 Å². The number of benzene rings is 1. The van der Waals surface area contributed by atoms with Crippen molar-refractivity contribution in [3.63, 3.8) is 0 Å². The van der Waals surface area contributed by atoms with Crippen LogP contribution in [-0.2, 0) is 4.74 Å². The summed E-state index contributed by atoms with van der Waals surface area (Å²) >= 11 is 0. The summed E-state index contributed by atoms with van der Waals surface area (Å²) < 4.78 is 4.87. The second-order valence-corrected chi connectivity index (χ2v) is 4.28. The molecule has 6 heteroatoms. The van der Waals surface area contributed by atoms with Crippen LogP contribution in [0.5, 0.6) is 0 Å². The van der Waals surface area contributed by atoms with Crippen molar-refractivity contribution >= 4 is 5.84 Å². The Labute approximate surface area is 112 Å². The first-order valence-corrected chi connectivity index (χ1v) is 6.09. The summed E-state index contributed by atoms with van der Waals surface area (Å²) in [5.74, 6) is 0.141. The number of nitrogens with two attached hydrogens (primary N) is 1. The van der Waals surface area contributed by atoms with Crippen LogP contribution in [-0.4, -0.2) is 42.5 Å². The fraction of sp³-hybridized carbons (Fsp3) is 0.462. The van der Waals surface area contributed by atoms with Crippen molar-refractivity contribution < 1.29 is 15.1 Å². The molecule has 19 heavy (non-hydrogen) atoms. The van der Waals surface area contributed by atoms with Crippen LogP contribution in [0.25, 0.3) is 0 Å². The Hall–Kier alpha value is -1.63. The van der Waals surface area contributed by atoms with Gasteiger partial charge in [0.1, 0.15) is 5.84 Å². The van der Waals surface area contributed by atoms with Crippen molar-refractivity contribution in [2.75, 3.05) is 20.3 Å². The lowest BCUT2D eigenvalue weighted by molar-refractivity contribution is 0.0628. The lowest BCUT2D eigenvalue weighted by Gasteiger charge is -2.20. The SMILES string of the molecule is COCC(O)CNC(CC(N)=NO)c1ccccc1. The van der Waals surface area contributed by atoms with Crippen LogP contribution in [0.3, 0.4) is 0 Å². The molecule has 0 aliphatic carbocycles. The Balaban J connectivity index is 2.65. The zero-order valence-electron chi connectivity index (χ0n) is 11.0. The van der Waals surface area contributed by atoms with Gasteiger partial charge in [-0.05, 0) is 5.56 Å². The van der Waals surface area contributed by atoms with Crippen LogP contribution in [0.2, 0.25) is 0 Å². The third-order valence-corrected chi connectivity index (χ3v) is 2.70. The molecular formula is C13H21N3O3. The van der Waals surface area contributed by atoms with Crippen molar-refractivity contribution in [2.24, 2.45) is 10.9 Å². The second-order valence-electron chi connectivity index (χ2n) is 4.28. The minimum absolute atomic E-state index is 0.122. The minimum atomic E-state index is -0.594. The Morgan fingerprint density at radius 1 is 1.42 bits per heavy atom. The van der Waals surface area contributed by atoms with Crippen LogP contribution >= 0.6 is 0 Å². The van der Waals surface area contributed by atoms with Gasteiger partial charge in [-0.15, -0.1) is 0 Å². The van der Waals surface area contributed by atoms with Crippen molar-refractivity contribution in [1.29, 1.82) is 0 Å². The molecule has 2 atom stereocenters. The molecule has 1 aromatic rings. The molecular weight excluding hydrogens is 246 g/mol. The van der Waals surface area contributed by atoms with Crippen LogP contribution in [0.4, 0.5) is 0 Å². The molecule has 1 aromatic carbocycles. The van der Waals surface area contributed by atoms with Crippen molar-refractivity contribution in [3.8, 4) is 0 Å². The molecule has 0 aliphatic rings. The quantitative estimate of drug-likeness (QED) is 0.237. The fourth-order valence-corrected chi connectivity index (χ4v) is 1.77. The van der Waals surface area contributed by atoms with Gasteiger partial charge < -0.3 is 26.1 Å². The number of aliphatic hydroxyl groups excluding tert-OH is 1. The highest BCUT2D eigenvalue weighted by Crippen LogP contribution is 2.16. The number of amidine groups is 1. The Morgan fingerprint density at radius 2 is 2.11 bits per heavy atom.